The number of aryl methyl sites for hydroxylation is 1. The molecule has 0 aromatic heterocycles. The predicted octanol–water partition coefficient (Wildman–Crippen LogP) is 1.67. The molecule has 1 fully saturated rings. The Balaban J connectivity index is 1.98. The summed E-state index contributed by atoms with van der Waals surface area (Å²) in [5, 5.41) is 2.60. The Bertz CT molecular complexity index is 612. The summed E-state index contributed by atoms with van der Waals surface area (Å²) >= 11 is 0. The molecule has 2 rings (SSSR count). The number of rotatable bonds is 6. The van der Waals surface area contributed by atoms with Crippen LogP contribution in [0.3, 0.4) is 0 Å². The van der Waals surface area contributed by atoms with Crippen molar-refractivity contribution < 1.29 is 19.1 Å². The van der Waals surface area contributed by atoms with Crippen molar-refractivity contribution in [1.82, 2.24) is 5.32 Å². The maximum Gasteiger partial charge on any atom is 0.312 e. The lowest BCUT2D eigenvalue weighted by Gasteiger charge is -2.18. The van der Waals surface area contributed by atoms with Gasteiger partial charge in [0.1, 0.15) is 0 Å². The van der Waals surface area contributed by atoms with Crippen molar-refractivity contribution in [3.05, 3.63) is 29.8 Å². The molecule has 1 heterocycles. The summed E-state index contributed by atoms with van der Waals surface area (Å²) in [5.74, 6) is -1.48. The molecule has 1 saturated heterocycles. The number of nitrogens with zero attached hydrogens (tertiary/aromatic N) is 1. The van der Waals surface area contributed by atoms with Crippen LogP contribution in [0.2, 0.25) is 0 Å². The van der Waals surface area contributed by atoms with Crippen LogP contribution in [-0.2, 0) is 25.5 Å². The number of carbonyl (C=O) groups excluding carboxylic acids is 3. The fourth-order valence-electron chi connectivity index (χ4n) is 2.67. The molecule has 130 valence electrons. The van der Waals surface area contributed by atoms with E-state index in [2.05, 4.69) is 12.2 Å². The quantitative estimate of drug-likeness (QED) is 0.804. The fourth-order valence-corrected chi connectivity index (χ4v) is 2.67. The molecule has 6 heteroatoms. The van der Waals surface area contributed by atoms with E-state index in [-0.39, 0.29) is 24.8 Å². The lowest BCUT2D eigenvalue weighted by atomic mass is 10.1. The molecular formula is C18H24N2O4. The number of amides is 2. The Labute approximate surface area is 142 Å². The molecule has 1 aliphatic heterocycles. The Hall–Kier alpha value is -2.37. The number of likely N-dealkylation sites (N-methyl/N-ethyl adjacent to an activating group) is 1. The molecule has 2 amide bonds. The molecule has 1 aromatic rings. The van der Waals surface area contributed by atoms with E-state index in [1.807, 2.05) is 24.3 Å². The number of benzene rings is 1. The van der Waals surface area contributed by atoms with Gasteiger partial charge in [0.15, 0.2) is 6.10 Å². The monoisotopic (exact) mass is 332 g/mol. The molecule has 0 saturated carbocycles. The van der Waals surface area contributed by atoms with Crippen molar-refractivity contribution in [2.75, 3.05) is 18.0 Å². The maximum atomic E-state index is 12.2. The molecule has 6 nitrogen and oxygen atoms in total. The van der Waals surface area contributed by atoms with E-state index in [4.69, 9.17) is 4.74 Å². The average molecular weight is 332 g/mol. The molecule has 2 atom stereocenters. The van der Waals surface area contributed by atoms with Crippen molar-refractivity contribution in [3.8, 4) is 0 Å². The van der Waals surface area contributed by atoms with E-state index < -0.39 is 18.0 Å². The number of hydrogen-bond acceptors (Lipinski definition) is 4. The average Bonchev–Trinajstić information content (AvgIpc) is 2.97. The number of carbonyl (C=O) groups is 3. The van der Waals surface area contributed by atoms with Gasteiger partial charge in [-0.05, 0) is 38.0 Å². The number of nitrogens with one attached hydrogen (secondary N) is 1. The number of hydrogen-bond donors (Lipinski definition) is 1. The molecule has 1 N–H and O–H groups in total. The Morgan fingerprint density at radius 3 is 2.54 bits per heavy atom. The van der Waals surface area contributed by atoms with Crippen LogP contribution in [0.15, 0.2) is 24.3 Å². The Morgan fingerprint density at radius 2 is 1.96 bits per heavy atom. The van der Waals surface area contributed by atoms with E-state index in [1.165, 1.54) is 12.5 Å². The smallest absolute Gasteiger partial charge is 0.312 e. The Kier molecular flexibility index (Phi) is 5.95. The van der Waals surface area contributed by atoms with Gasteiger partial charge in [0.05, 0.1) is 5.92 Å². The summed E-state index contributed by atoms with van der Waals surface area (Å²) in [6.45, 7) is 6.15. The Morgan fingerprint density at radius 1 is 1.29 bits per heavy atom. The lowest BCUT2D eigenvalue weighted by molar-refractivity contribution is -0.158. The molecular weight excluding hydrogens is 308 g/mol. The molecule has 0 bridgehead atoms. The first-order valence-corrected chi connectivity index (χ1v) is 8.33. The first-order valence-electron chi connectivity index (χ1n) is 8.33. The third-order valence-electron chi connectivity index (χ3n) is 4.13. The van der Waals surface area contributed by atoms with E-state index in [0.29, 0.717) is 6.54 Å². The zero-order chi connectivity index (χ0) is 17.7. The first-order chi connectivity index (χ1) is 11.5. The van der Waals surface area contributed by atoms with Crippen LogP contribution in [0.25, 0.3) is 0 Å². The van der Waals surface area contributed by atoms with E-state index in [1.54, 1.807) is 11.8 Å². The number of anilines is 1. The van der Waals surface area contributed by atoms with E-state index in [9.17, 15) is 14.4 Å². The van der Waals surface area contributed by atoms with Gasteiger partial charge in [-0.2, -0.15) is 0 Å². The van der Waals surface area contributed by atoms with Crippen LogP contribution < -0.4 is 10.2 Å². The minimum absolute atomic E-state index is 0.105. The van der Waals surface area contributed by atoms with Gasteiger partial charge in [-0.25, -0.2) is 0 Å². The van der Waals surface area contributed by atoms with Gasteiger partial charge in [-0.3, -0.25) is 14.4 Å². The van der Waals surface area contributed by atoms with Gasteiger partial charge in [-0.1, -0.05) is 19.1 Å². The van der Waals surface area contributed by atoms with Gasteiger partial charge < -0.3 is 15.0 Å². The topological polar surface area (TPSA) is 75.7 Å². The van der Waals surface area contributed by atoms with Crippen molar-refractivity contribution in [2.45, 2.75) is 39.7 Å². The van der Waals surface area contributed by atoms with Crippen molar-refractivity contribution in [3.63, 3.8) is 0 Å². The summed E-state index contributed by atoms with van der Waals surface area (Å²) in [7, 11) is 0. The maximum absolute atomic E-state index is 12.2. The van der Waals surface area contributed by atoms with Crippen LogP contribution >= 0.6 is 0 Å². The second kappa shape index (κ2) is 7.95. The standard InChI is InChI=1S/C18H24N2O4/c1-4-13-6-8-15(9-7-13)20-11-14(10-16(20)21)18(23)24-12(3)17(22)19-5-2/h6-9,12,14H,4-5,10-11H2,1-3H3,(H,19,22)/t12-,14+/m0/s1. The van der Waals surface area contributed by atoms with E-state index >= 15 is 0 Å². The van der Waals surface area contributed by atoms with Gasteiger partial charge in [-0.15, -0.1) is 0 Å². The van der Waals surface area contributed by atoms with Gasteiger partial charge in [0.2, 0.25) is 5.91 Å². The van der Waals surface area contributed by atoms with Crippen LogP contribution in [0.1, 0.15) is 32.8 Å². The van der Waals surface area contributed by atoms with Crippen molar-refractivity contribution in [1.29, 1.82) is 0 Å². The van der Waals surface area contributed by atoms with Crippen molar-refractivity contribution in [2.24, 2.45) is 5.92 Å². The second-order valence-electron chi connectivity index (χ2n) is 5.90. The predicted molar refractivity (Wildman–Crippen MR) is 90.5 cm³/mol. The highest BCUT2D eigenvalue weighted by Crippen LogP contribution is 2.26. The van der Waals surface area contributed by atoms with Gasteiger partial charge in [0.25, 0.3) is 5.91 Å². The molecule has 0 spiro atoms. The zero-order valence-corrected chi connectivity index (χ0v) is 14.4. The number of esters is 1. The summed E-state index contributed by atoms with van der Waals surface area (Å²) in [6.07, 6.45) is 0.183. The first kappa shape index (κ1) is 18.0. The molecule has 0 unspecified atom stereocenters. The highest BCUT2D eigenvalue weighted by atomic mass is 16.5. The zero-order valence-electron chi connectivity index (χ0n) is 14.4. The normalized spacial score (nSPS) is 18.4. The highest BCUT2D eigenvalue weighted by Gasteiger charge is 2.37. The summed E-state index contributed by atoms with van der Waals surface area (Å²) in [6, 6.07) is 7.74. The molecule has 1 aliphatic rings. The third kappa shape index (κ3) is 4.13. The minimum Gasteiger partial charge on any atom is -0.452 e. The molecule has 0 radical (unpaired) electrons. The number of ether oxygens (including phenoxy) is 1. The van der Waals surface area contributed by atoms with Crippen LogP contribution in [0.4, 0.5) is 5.69 Å². The fraction of sp³-hybridized carbons (Fsp3) is 0.500. The van der Waals surface area contributed by atoms with E-state index in [0.717, 1.165) is 12.1 Å². The molecule has 0 aliphatic carbocycles. The van der Waals surface area contributed by atoms with Crippen LogP contribution in [-0.4, -0.2) is 37.0 Å². The SMILES string of the molecule is CCNC(=O)[C@H](C)OC(=O)[C@@H]1CC(=O)N(c2ccc(CC)cc2)C1. The summed E-state index contributed by atoms with van der Waals surface area (Å²) in [5.41, 5.74) is 1.97. The molecule has 24 heavy (non-hydrogen) atoms. The van der Waals surface area contributed by atoms with Crippen LogP contribution in [0, 0.1) is 5.92 Å². The summed E-state index contributed by atoms with van der Waals surface area (Å²) < 4.78 is 5.19. The molecule has 1 aromatic carbocycles. The lowest BCUT2D eigenvalue weighted by Crippen LogP contribution is -2.37. The largest absolute Gasteiger partial charge is 0.452 e. The van der Waals surface area contributed by atoms with Gasteiger partial charge >= 0.3 is 5.97 Å². The third-order valence-corrected chi connectivity index (χ3v) is 4.13. The van der Waals surface area contributed by atoms with Crippen LogP contribution in [0.5, 0.6) is 0 Å². The van der Waals surface area contributed by atoms with Gasteiger partial charge in [0, 0.05) is 25.2 Å². The second-order valence-corrected chi connectivity index (χ2v) is 5.90. The van der Waals surface area contributed by atoms with Crippen molar-refractivity contribution >= 4 is 23.5 Å². The summed E-state index contributed by atoms with van der Waals surface area (Å²) in [4.78, 5) is 37.6. The highest BCUT2D eigenvalue weighted by molar-refractivity contribution is 5.99. The minimum atomic E-state index is -0.856.